The highest BCUT2D eigenvalue weighted by Crippen LogP contribution is 2.29. The smallest absolute Gasteiger partial charge is 0.345 e. The van der Waals surface area contributed by atoms with E-state index in [1.165, 1.54) is 30.9 Å². The summed E-state index contributed by atoms with van der Waals surface area (Å²) in [5.74, 6) is -4.67. The average molecular weight is 540 g/mol. The first kappa shape index (κ1) is 24.7. The Morgan fingerprint density at radius 3 is 2.58 bits per heavy atom. The van der Waals surface area contributed by atoms with Gasteiger partial charge in [-0.1, -0.05) is 6.07 Å². The van der Waals surface area contributed by atoms with E-state index in [1.54, 1.807) is 6.07 Å². The number of carbonyl (C=O) groups is 2. The van der Waals surface area contributed by atoms with Crippen LogP contribution in [0.5, 0.6) is 0 Å². The molecule has 5 rings (SSSR count). The number of amides is 1. The van der Waals surface area contributed by atoms with Crippen LogP contribution in [0.3, 0.4) is 0 Å². The van der Waals surface area contributed by atoms with Crippen LogP contribution >= 0.6 is 0 Å². The number of aromatic nitrogens is 4. The van der Waals surface area contributed by atoms with E-state index in [9.17, 15) is 26.8 Å². The van der Waals surface area contributed by atoms with Crippen molar-refractivity contribution < 1.29 is 31.2 Å². The first-order valence-corrected chi connectivity index (χ1v) is 12.2. The third-order valence-corrected chi connectivity index (χ3v) is 6.77. The van der Waals surface area contributed by atoms with Crippen molar-refractivity contribution in [3.63, 3.8) is 0 Å². The van der Waals surface area contributed by atoms with E-state index in [0.29, 0.717) is 0 Å². The Kier molecular flexibility index (Phi) is 6.16. The highest BCUT2D eigenvalue weighted by Gasteiger charge is 2.26. The van der Waals surface area contributed by atoms with Crippen LogP contribution in [-0.4, -0.2) is 40.0 Å². The number of H-pyrrole nitrogens is 1. The summed E-state index contributed by atoms with van der Waals surface area (Å²) in [4.78, 5) is 31.8. The zero-order chi connectivity index (χ0) is 27.0. The van der Waals surface area contributed by atoms with E-state index in [2.05, 4.69) is 20.4 Å². The molecule has 0 spiro atoms. The SMILES string of the molecule is O=C(c1c(F)ccc(NS(=O)(=O)c2cccc(F)c2)c1F)c1c[nH]c2ncc(NC(=O)n3cccn3)cc12. The van der Waals surface area contributed by atoms with Gasteiger partial charge < -0.3 is 10.3 Å². The van der Waals surface area contributed by atoms with E-state index >= 15 is 4.39 Å². The highest BCUT2D eigenvalue weighted by molar-refractivity contribution is 7.92. The first-order chi connectivity index (χ1) is 18.1. The van der Waals surface area contributed by atoms with Gasteiger partial charge >= 0.3 is 6.03 Å². The molecular weight excluding hydrogens is 525 g/mol. The number of ketones is 1. The molecule has 0 saturated carbocycles. The zero-order valence-corrected chi connectivity index (χ0v) is 19.8. The average Bonchev–Trinajstić information content (AvgIpc) is 3.56. The quantitative estimate of drug-likeness (QED) is 0.275. The van der Waals surface area contributed by atoms with Gasteiger partial charge in [-0.15, -0.1) is 0 Å². The number of fused-ring (bicyclic) bond motifs is 1. The molecule has 192 valence electrons. The van der Waals surface area contributed by atoms with Crippen LogP contribution in [0.15, 0.2) is 78.2 Å². The molecule has 0 fully saturated rings. The first-order valence-electron chi connectivity index (χ1n) is 10.7. The molecule has 2 aromatic carbocycles. The molecule has 0 bridgehead atoms. The van der Waals surface area contributed by atoms with Gasteiger partial charge in [-0.2, -0.15) is 9.78 Å². The summed E-state index contributed by atoms with van der Waals surface area (Å²) in [6, 6.07) is 7.81. The van der Waals surface area contributed by atoms with Crippen molar-refractivity contribution in [3.05, 3.63) is 102 Å². The summed E-state index contributed by atoms with van der Waals surface area (Å²) in [7, 11) is -4.47. The largest absolute Gasteiger partial charge is 0.346 e. The number of hydrogen-bond donors (Lipinski definition) is 3. The molecule has 0 aliphatic carbocycles. The molecule has 0 saturated heterocycles. The molecule has 1 amide bonds. The Balaban J connectivity index is 1.49. The van der Waals surface area contributed by atoms with Gasteiger partial charge in [0.25, 0.3) is 10.0 Å². The molecule has 10 nitrogen and oxygen atoms in total. The number of benzene rings is 2. The van der Waals surface area contributed by atoms with Crippen molar-refractivity contribution >= 4 is 44.2 Å². The molecule has 14 heteroatoms. The molecule has 0 atom stereocenters. The van der Waals surface area contributed by atoms with Crippen LogP contribution < -0.4 is 10.0 Å². The van der Waals surface area contributed by atoms with Gasteiger partial charge in [-0.3, -0.25) is 9.52 Å². The van der Waals surface area contributed by atoms with Crippen molar-refractivity contribution in [3.8, 4) is 0 Å². The van der Waals surface area contributed by atoms with Gasteiger partial charge in [0.2, 0.25) is 5.78 Å². The summed E-state index contributed by atoms with van der Waals surface area (Å²) in [5.41, 5.74) is -1.58. The lowest BCUT2D eigenvalue weighted by molar-refractivity contribution is 0.103. The Morgan fingerprint density at radius 2 is 1.84 bits per heavy atom. The lowest BCUT2D eigenvalue weighted by Crippen LogP contribution is -2.19. The topological polar surface area (TPSA) is 139 Å². The summed E-state index contributed by atoms with van der Waals surface area (Å²) < 4.78 is 71.7. The van der Waals surface area contributed by atoms with Gasteiger partial charge in [-0.05, 0) is 42.5 Å². The second-order valence-corrected chi connectivity index (χ2v) is 9.56. The number of carbonyl (C=O) groups excluding carboxylic acids is 2. The van der Waals surface area contributed by atoms with Gasteiger partial charge in [-0.25, -0.2) is 31.4 Å². The minimum atomic E-state index is -4.47. The number of aromatic amines is 1. The van der Waals surface area contributed by atoms with E-state index in [4.69, 9.17) is 0 Å². The van der Waals surface area contributed by atoms with Gasteiger partial charge in [0.15, 0.2) is 5.82 Å². The molecule has 3 heterocycles. The van der Waals surface area contributed by atoms with Crippen LogP contribution in [0.25, 0.3) is 11.0 Å². The fourth-order valence-corrected chi connectivity index (χ4v) is 4.73. The van der Waals surface area contributed by atoms with Gasteiger partial charge in [0.05, 0.1) is 28.0 Å². The van der Waals surface area contributed by atoms with Crippen LogP contribution in [0.2, 0.25) is 0 Å². The number of sulfonamides is 1. The van der Waals surface area contributed by atoms with Crippen molar-refractivity contribution in [2.24, 2.45) is 0 Å². The van der Waals surface area contributed by atoms with E-state index in [1.807, 2.05) is 4.72 Å². The monoisotopic (exact) mass is 540 g/mol. The molecule has 0 aliphatic rings. The number of anilines is 2. The van der Waals surface area contributed by atoms with Gasteiger partial charge in [0.1, 0.15) is 17.3 Å². The highest BCUT2D eigenvalue weighted by atomic mass is 32.2. The summed E-state index contributed by atoms with van der Waals surface area (Å²) >= 11 is 0. The normalized spacial score (nSPS) is 11.4. The third kappa shape index (κ3) is 4.59. The van der Waals surface area contributed by atoms with Gasteiger partial charge in [0, 0.05) is 29.5 Å². The van der Waals surface area contributed by atoms with Crippen LogP contribution in [-0.2, 0) is 10.0 Å². The van der Waals surface area contributed by atoms with Crippen molar-refractivity contribution in [2.45, 2.75) is 4.90 Å². The number of pyridine rings is 1. The zero-order valence-electron chi connectivity index (χ0n) is 18.9. The Morgan fingerprint density at radius 1 is 1.03 bits per heavy atom. The fraction of sp³-hybridized carbons (Fsp3) is 0. The molecule has 0 unspecified atom stereocenters. The van der Waals surface area contributed by atoms with E-state index < -0.39 is 55.4 Å². The molecule has 0 radical (unpaired) electrons. The summed E-state index contributed by atoms with van der Waals surface area (Å²) in [5, 5.41) is 6.47. The minimum Gasteiger partial charge on any atom is -0.345 e. The second kappa shape index (κ2) is 9.48. The fourth-order valence-electron chi connectivity index (χ4n) is 3.64. The predicted octanol–water partition coefficient (Wildman–Crippen LogP) is 4.29. The number of halogens is 3. The van der Waals surface area contributed by atoms with Crippen LogP contribution in [0, 0.1) is 17.5 Å². The maximum atomic E-state index is 15.4. The second-order valence-electron chi connectivity index (χ2n) is 7.88. The molecule has 0 aliphatic heterocycles. The van der Waals surface area contributed by atoms with E-state index in [0.717, 1.165) is 41.1 Å². The number of nitrogens with one attached hydrogen (secondary N) is 3. The maximum absolute atomic E-state index is 15.4. The van der Waals surface area contributed by atoms with Crippen molar-refractivity contribution in [1.82, 2.24) is 19.7 Å². The lowest BCUT2D eigenvalue weighted by Gasteiger charge is -2.12. The van der Waals surface area contributed by atoms with Crippen LogP contribution in [0.1, 0.15) is 15.9 Å². The van der Waals surface area contributed by atoms with Crippen molar-refractivity contribution in [2.75, 3.05) is 10.0 Å². The molecular formula is C24H15F3N6O4S. The Bertz CT molecular complexity index is 1820. The molecule has 3 N–H and O–H groups in total. The minimum absolute atomic E-state index is 0.137. The Hall–Kier alpha value is -4.98. The van der Waals surface area contributed by atoms with Crippen LogP contribution in [0.4, 0.5) is 29.3 Å². The maximum Gasteiger partial charge on any atom is 0.346 e. The lowest BCUT2D eigenvalue weighted by atomic mass is 10.0. The standard InChI is InChI=1S/C24H15F3N6O4S/c25-13-3-1-4-15(9-13)38(36,37)32-19-6-5-18(26)20(21(19)27)22(34)17-12-29-23-16(17)10-14(11-28-23)31-24(35)33-8-2-7-30-33/h1-12,32H,(H,28,29)(H,31,35). The van der Waals surface area contributed by atoms with E-state index in [-0.39, 0.29) is 22.3 Å². The summed E-state index contributed by atoms with van der Waals surface area (Å²) in [6.45, 7) is 0. The Labute approximate surface area is 212 Å². The molecule has 38 heavy (non-hydrogen) atoms. The number of nitrogens with zero attached hydrogens (tertiary/aromatic N) is 3. The number of rotatable bonds is 6. The van der Waals surface area contributed by atoms with Crippen molar-refractivity contribution in [1.29, 1.82) is 0 Å². The predicted molar refractivity (Wildman–Crippen MR) is 130 cm³/mol. The summed E-state index contributed by atoms with van der Waals surface area (Å²) in [6.07, 6.45) is 5.30. The third-order valence-electron chi connectivity index (χ3n) is 5.41. The molecule has 5 aromatic rings. The molecule has 3 aromatic heterocycles. The number of hydrogen-bond acceptors (Lipinski definition) is 6.